The van der Waals surface area contributed by atoms with Gasteiger partial charge in [-0.05, 0) is 55.4 Å². The average Bonchev–Trinajstić information content (AvgIpc) is 3.12. The van der Waals surface area contributed by atoms with Crippen LogP contribution in [0.15, 0.2) is 0 Å². The van der Waals surface area contributed by atoms with E-state index in [0.29, 0.717) is 12.1 Å². The van der Waals surface area contributed by atoms with E-state index >= 15 is 0 Å². The summed E-state index contributed by atoms with van der Waals surface area (Å²) in [7, 11) is 0. The maximum absolute atomic E-state index is 9.79. The predicted octanol–water partition coefficient (Wildman–Crippen LogP) is 1.07. The number of nitrogens with zero attached hydrogens (tertiary/aromatic N) is 5. The van der Waals surface area contributed by atoms with Gasteiger partial charge in [0.15, 0.2) is 5.82 Å². The van der Waals surface area contributed by atoms with Crippen LogP contribution in [-0.4, -0.2) is 62.1 Å². The highest BCUT2D eigenvalue weighted by atomic mass is 16.5. The van der Waals surface area contributed by atoms with Crippen LogP contribution in [-0.2, 0) is 4.74 Å². The molecule has 3 heterocycles. The van der Waals surface area contributed by atoms with E-state index in [1.54, 1.807) is 0 Å². The minimum absolute atomic E-state index is 0.221. The number of hydrogen-bond acceptors (Lipinski definition) is 6. The first-order valence-corrected chi connectivity index (χ1v) is 8.62. The molecule has 0 spiro atoms. The van der Waals surface area contributed by atoms with Crippen molar-refractivity contribution in [1.82, 2.24) is 25.1 Å². The van der Waals surface area contributed by atoms with E-state index in [1.165, 1.54) is 19.3 Å². The van der Waals surface area contributed by atoms with Gasteiger partial charge >= 0.3 is 0 Å². The molecule has 122 valence electrons. The third-order valence-electron chi connectivity index (χ3n) is 5.61. The minimum Gasteiger partial charge on any atom is -0.395 e. The Balaban J connectivity index is 1.60. The molecular formula is C15H25N5O2. The molecule has 4 rings (SSSR count). The van der Waals surface area contributed by atoms with E-state index in [1.807, 2.05) is 0 Å². The van der Waals surface area contributed by atoms with E-state index in [4.69, 9.17) is 4.74 Å². The maximum atomic E-state index is 9.79. The lowest BCUT2D eigenvalue weighted by atomic mass is 9.93. The summed E-state index contributed by atoms with van der Waals surface area (Å²) in [6.45, 7) is 1.86. The number of aliphatic hydroxyl groups is 1. The number of aromatic nitrogens is 4. The van der Waals surface area contributed by atoms with E-state index in [9.17, 15) is 5.11 Å². The third kappa shape index (κ3) is 2.45. The van der Waals surface area contributed by atoms with Crippen LogP contribution in [0, 0.1) is 0 Å². The van der Waals surface area contributed by atoms with Crippen LogP contribution in [0.3, 0.4) is 0 Å². The highest BCUT2D eigenvalue weighted by Crippen LogP contribution is 2.41. The van der Waals surface area contributed by atoms with Crippen molar-refractivity contribution in [3.05, 3.63) is 5.82 Å². The summed E-state index contributed by atoms with van der Waals surface area (Å²) in [4.78, 5) is 2.49. The first kappa shape index (κ1) is 14.5. The Kier molecular flexibility index (Phi) is 4.11. The molecule has 0 aromatic carbocycles. The van der Waals surface area contributed by atoms with Crippen LogP contribution in [0.25, 0.3) is 0 Å². The Bertz CT molecular complexity index is 498. The van der Waals surface area contributed by atoms with Crippen LogP contribution < -0.4 is 0 Å². The summed E-state index contributed by atoms with van der Waals surface area (Å²) in [5.41, 5.74) is 0. The van der Waals surface area contributed by atoms with Gasteiger partial charge in [-0.25, -0.2) is 4.68 Å². The molecule has 3 fully saturated rings. The molecule has 2 atom stereocenters. The zero-order valence-corrected chi connectivity index (χ0v) is 13.0. The fraction of sp³-hybridized carbons (Fsp3) is 0.933. The van der Waals surface area contributed by atoms with E-state index in [0.717, 1.165) is 44.7 Å². The summed E-state index contributed by atoms with van der Waals surface area (Å²) in [5, 5.41) is 22.4. The standard InChI is InChI=1S/C15H25N5O2/c21-10-13-4-5-14(19(13)11-6-8-22-9-7-11)15-16-17-18-20(15)12-2-1-3-12/h11-14,21H,1-10H2/t13-,14-/m0/s1. The number of likely N-dealkylation sites (tertiary alicyclic amines) is 1. The van der Waals surface area contributed by atoms with Gasteiger partial charge in [-0.2, -0.15) is 0 Å². The van der Waals surface area contributed by atoms with Gasteiger partial charge in [0, 0.05) is 25.3 Å². The Hall–Kier alpha value is -1.05. The molecule has 1 aromatic rings. The molecule has 2 aliphatic heterocycles. The van der Waals surface area contributed by atoms with E-state index in [-0.39, 0.29) is 18.7 Å². The van der Waals surface area contributed by atoms with Gasteiger partial charge in [-0.15, -0.1) is 5.10 Å². The van der Waals surface area contributed by atoms with Gasteiger partial charge in [-0.1, -0.05) is 0 Å². The number of hydrogen-bond donors (Lipinski definition) is 1. The summed E-state index contributed by atoms with van der Waals surface area (Å²) in [6.07, 6.45) is 7.79. The molecule has 1 aromatic heterocycles. The van der Waals surface area contributed by atoms with Crippen molar-refractivity contribution in [2.75, 3.05) is 19.8 Å². The van der Waals surface area contributed by atoms with Gasteiger partial charge in [0.2, 0.25) is 0 Å². The topological polar surface area (TPSA) is 76.3 Å². The van der Waals surface area contributed by atoms with Crippen LogP contribution in [0.2, 0.25) is 0 Å². The van der Waals surface area contributed by atoms with Gasteiger partial charge in [-0.3, -0.25) is 4.90 Å². The van der Waals surface area contributed by atoms with Crippen LogP contribution in [0.1, 0.15) is 62.9 Å². The third-order valence-corrected chi connectivity index (χ3v) is 5.61. The lowest BCUT2D eigenvalue weighted by molar-refractivity contribution is 0.000101. The molecule has 0 bridgehead atoms. The average molecular weight is 307 g/mol. The highest BCUT2D eigenvalue weighted by Gasteiger charge is 2.42. The molecule has 1 aliphatic carbocycles. The Morgan fingerprint density at radius 3 is 2.55 bits per heavy atom. The lowest BCUT2D eigenvalue weighted by Crippen LogP contribution is -2.45. The SMILES string of the molecule is OC[C@@H]1CC[C@@H](c2nnnn2C2CCC2)N1C1CCOCC1. The zero-order valence-electron chi connectivity index (χ0n) is 13.0. The van der Waals surface area contributed by atoms with Crippen molar-refractivity contribution in [3.8, 4) is 0 Å². The quantitative estimate of drug-likeness (QED) is 0.897. The first-order chi connectivity index (χ1) is 10.9. The minimum atomic E-state index is 0.221. The molecule has 0 unspecified atom stereocenters. The molecule has 0 radical (unpaired) electrons. The second-order valence-corrected chi connectivity index (χ2v) is 6.79. The van der Waals surface area contributed by atoms with Gasteiger partial charge in [0.25, 0.3) is 0 Å². The second-order valence-electron chi connectivity index (χ2n) is 6.79. The number of ether oxygens (including phenoxy) is 1. The van der Waals surface area contributed by atoms with Gasteiger partial charge in [0.1, 0.15) is 0 Å². The molecule has 1 saturated carbocycles. The lowest BCUT2D eigenvalue weighted by Gasteiger charge is -2.39. The maximum Gasteiger partial charge on any atom is 0.168 e. The predicted molar refractivity (Wildman–Crippen MR) is 79.2 cm³/mol. The van der Waals surface area contributed by atoms with E-state index < -0.39 is 0 Å². The fourth-order valence-electron chi connectivity index (χ4n) is 4.20. The molecule has 0 amide bonds. The Morgan fingerprint density at radius 2 is 1.86 bits per heavy atom. The van der Waals surface area contributed by atoms with Crippen LogP contribution >= 0.6 is 0 Å². The molecule has 22 heavy (non-hydrogen) atoms. The van der Waals surface area contributed by atoms with Crippen LogP contribution in [0.4, 0.5) is 0 Å². The smallest absolute Gasteiger partial charge is 0.168 e. The van der Waals surface area contributed by atoms with Crippen molar-refractivity contribution in [2.45, 2.75) is 69.1 Å². The number of tetrazole rings is 1. The summed E-state index contributed by atoms with van der Waals surface area (Å²) in [6, 6.07) is 1.44. The Labute approximate surface area is 130 Å². The molecular weight excluding hydrogens is 282 g/mol. The number of rotatable bonds is 4. The number of aliphatic hydroxyl groups excluding tert-OH is 1. The van der Waals surface area contributed by atoms with Crippen molar-refractivity contribution in [1.29, 1.82) is 0 Å². The summed E-state index contributed by atoms with van der Waals surface area (Å²) in [5.74, 6) is 1.01. The summed E-state index contributed by atoms with van der Waals surface area (Å²) >= 11 is 0. The van der Waals surface area contributed by atoms with Crippen LogP contribution in [0.5, 0.6) is 0 Å². The zero-order chi connectivity index (χ0) is 14.9. The second kappa shape index (κ2) is 6.22. The van der Waals surface area contributed by atoms with E-state index in [2.05, 4.69) is 25.1 Å². The molecule has 3 aliphatic rings. The normalized spacial score (nSPS) is 31.5. The summed E-state index contributed by atoms with van der Waals surface area (Å²) < 4.78 is 7.56. The fourth-order valence-corrected chi connectivity index (χ4v) is 4.20. The van der Waals surface area contributed by atoms with Crippen molar-refractivity contribution in [3.63, 3.8) is 0 Å². The van der Waals surface area contributed by atoms with Crippen molar-refractivity contribution >= 4 is 0 Å². The molecule has 2 saturated heterocycles. The van der Waals surface area contributed by atoms with Crippen molar-refractivity contribution < 1.29 is 9.84 Å². The molecule has 7 heteroatoms. The molecule has 1 N–H and O–H groups in total. The Morgan fingerprint density at radius 1 is 1.05 bits per heavy atom. The van der Waals surface area contributed by atoms with Crippen molar-refractivity contribution in [2.24, 2.45) is 0 Å². The van der Waals surface area contributed by atoms with Gasteiger partial charge in [0.05, 0.1) is 18.7 Å². The highest BCUT2D eigenvalue weighted by molar-refractivity contribution is 5.04. The molecule has 7 nitrogen and oxygen atoms in total. The first-order valence-electron chi connectivity index (χ1n) is 8.62. The monoisotopic (exact) mass is 307 g/mol. The largest absolute Gasteiger partial charge is 0.395 e. The van der Waals surface area contributed by atoms with Gasteiger partial charge < -0.3 is 9.84 Å².